The topological polar surface area (TPSA) is 117 Å². The first-order chi connectivity index (χ1) is 14.3. The van der Waals surface area contributed by atoms with Crippen LogP contribution < -0.4 is 20.5 Å². The molecular weight excluding hydrogens is 408 g/mol. The van der Waals surface area contributed by atoms with Crippen LogP contribution >= 0.6 is 11.3 Å². The second-order valence-electron chi connectivity index (χ2n) is 7.08. The number of carbonyl (C=O) groups excluding carboxylic acids is 3. The molecule has 0 spiro atoms. The number of nitrogens with two attached hydrogens (primary N) is 1. The van der Waals surface area contributed by atoms with Crippen molar-refractivity contribution in [3.63, 3.8) is 0 Å². The largest absolute Gasteiger partial charge is 0.493 e. The summed E-state index contributed by atoms with van der Waals surface area (Å²) in [5.41, 5.74) is 6.98. The number of aryl methyl sites for hydroxylation is 1. The highest BCUT2D eigenvalue weighted by Gasteiger charge is 2.26. The van der Waals surface area contributed by atoms with Crippen LogP contribution in [0.5, 0.6) is 11.5 Å². The van der Waals surface area contributed by atoms with Crippen LogP contribution in [0.4, 0.5) is 5.00 Å². The molecule has 1 aromatic heterocycles. The number of primary amides is 1. The van der Waals surface area contributed by atoms with E-state index >= 15 is 0 Å². The minimum atomic E-state index is -0.677. The van der Waals surface area contributed by atoms with E-state index in [4.69, 9.17) is 19.9 Å². The van der Waals surface area contributed by atoms with Gasteiger partial charge in [0.25, 0.3) is 11.8 Å². The van der Waals surface area contributed by atoms with E-state index in [9.17, 15) is 14.4 Å². The minimum Gasteiger partial charge on any atom is -0.493 e. The third-order valence-electron chi connectivity index (χ3n) is 4.52. The van der Waals surface area contributed by atoms with Gasteiger partial charge in [0.1, 0.15) is 5.00 Å². The number of ether oxygens (including phenoxy) is 3. The van der Waals surface area contributed by atoms with Crippen molar-refractivity contribution in [3.8, 4) is 11.5 Å². The first kappa shape index (κ1) is 21.6. The summed E-state index contributed by atoms with van der Waals surface area (Å²) in [6, 6.07) is 4.64. The highest BCUT2D eigenvalue weighted by Crippen LogP contribution is 2.38. The third-order valence-corrected chi connectivity index (χ3v) is 5.72. The summed E-state index contributed by atoms with van der Waals surface area (Å²) in [6.45, 7) is 3.27. The Balaban J connectivity index is 1.63. The molecule has 1 aliphatic carbocycles. The number of amides is 2. The molecule has 0 aliphatic heterocycles. The molecule has 0 fully saturated rings. The zero-order valence-corrected chi connectivity index (χ0v) is 17.9. The molecule has 160 valence electrons. The summed E-state index contributed by atoms with van der Waals surface area (Å²) in [7, 11) is 1.47. The number of benzene rings is 1. The summed E-state index contributed by atoms with van der Waals surface area (Å²) in [6.07, 6.45) is 2.55. The lowest BCUT2D eigenvalue weighted by Crippen LogP contribution is -2.22. The number of hydrogen-bond donors (Lipinski definition) is 2. The Kier molecular flexibility index (Phi) is 6.61. The number of thiophene rings is 1. The van der Waals surface area contributed by atoms with E-state index in [-0.39, 0.29) is 11.7 Å². The highest BCUT2D eigenvalue weighted by atomic mass is 32.1. The van der Waals surface area contributed by atoms with E-state index in [0.717, 1.165) is 29.7 Å². The lowest BCUT2D eigenvalue weighted by atomic mass is 10.1. The van der Waals surface area contributed by atoms with Gasteiger partial charge in [0, 0.05) is 4.88 Å². The molecule has 9 heteroatoms. The van der Waals surface area contributed by atoms with Crippen LogP contribution in [0.2, 0.25) is 0 Å². The smallest absolute Gasteiger partial charge is 0.338 e. The molecule has 1 aromatic carbocycles. The van der Waals surface area contributed by atoms with Gasteiger partial charge in [0.2, 0.25) is 0 Å². The fourth-order valence-corrected chi connectivity index (χ4v) is 4.59. The number of esters is 1. The predicted molar refractivity (Wildman–Crippen MR) is 113 cm³/mol. The SMILES string of the molecule is COc1cc(C(=O)OCC(=O)Nc2sc3c(c2C(N)=O)CCC3)ccc1OC(C)C. The molecule has 8 nitrogen and oxygen atoms in total. The van der Waals surface area contributed by atoms with Gasteiger partial charge in [-0.15, -0.1) is 11.3 Å². The molecule has 30 heavy (non-hydrogen) atoms. The van der Waals surface area contributed by atoms with Crippen molar-refractivity contribution in [2.24, 2.45) is 5.73 Å². The van der Waals surface area contributed by atoms with Gasteiger partial charge < -0.3 is 25.3 Å². The first-order valence-electron chi connectivity index (χ1n) is 9.56. The first-order valence-corrected chi connectivity index (χ1v) is 10.4. The molecule has 0 radical (unpaired) electrons. The molecular formula is C21H24N2O6S. The second-order valence-corrected chi connectivity index (χ2v) is 8.19. The molecule has 2 amide bonds. The fraction of sp³-hybridized carbons (Fsp3) is 0.381. The molecule has 2 aromatic rings. The maximum Gasteiger partial charge on any atom is 0.338 e. The van der Waals surface area contributed by atoms with E-state index in [1.807, 2.05) is 13.8 Å². The van der Waals surface area contributed by atoms with Gasteiger partial charge >= 0.3 is 5.97 Å². The molecule has 3 N–H and O–H groups in total. The van der Waals surface area contributed by atoms with Crippen molar-refractivity contribution in [2.75, 3.05) is 19.0 Å². The minimum absolute atomic E-state index is 0.0516. The number of rotatable bonds is 8. The molecule has 0 saturated carbocycles. The van der Waals surface area contributed by atoms with E-state index in [1.165, 1.54) is 30.6 Å². The Bertz CT molecular complexity index is 982. The number of fused-ring (bicyclic) bond motifs is 1. The Hall–Kier alpha value is -3.07. The number of anilines is 1. The zero-order valence-electron chi connectivity index (χ0n) is 17.1. The average Bonchev–Trinajstić information content (AvgIpc) is 3.26. The van der Waals surface area contributed by atoms with Crippen molar-refractivity contribution in [3.05, 3.63) is 39.8 Å². The lowest BCUT2D eigenvalue weighted by Gasteiger charge is -2.14. The van der Waals surface area contributed by atoms with Gasteiger partial charge in [-0.2, -0.15) is 0 Å². The van der Waals surface area contributed by atoms with Crippen LogP contribution in [0.15, 0.2) is 18.2 Å². The van der Waals surface area contributed by atoms with Crippen molar-refractivity contribution < 1.29 is 28.6 Å². The van der Waals surface area contributed by atoms with Crippen LogP contribution in [-0.2, 0) is 22.4 Å². The number of methoxy groups -OCH3 is 1. The molecule has 1 heterocycles. The molecule has 1 aliphatic rings. The second kappa shape index (κ2) is 9.17. The Morgan fingerprint density at radius 2 is 1.97 bits per heavy atom. The standard InChI is InChI=1S/C21H24N2O6S/c1-11(2)29-14-8-7-12(9-15(14)27-3)21(26)28-10-17(24)23-20-18(19(22)25)13-5-4-6-16(13)30-20/h7-9,11H,4-6,10H2,1-3H3,(H2,22,25)(H,23,24). The van der Waals surface area contributed by atoms with Gasteiger partial charge in [-0.3, -0.25) is 9.59 Å². The fourth-order valence-electron chi connectivity index (χ4n) is 3.28. The number of nitrogens with one attached hydrogen (secondary N) is 1. The summed E-state index contributed by atoms with van der Waals surface area (Å²) >= 11 is 1.34. The Morgan fingerprint density at radius 3 is 2.63 bits per heavy atom. The molecule has 3 rings (SSSR count). The number of carbonyl (C=O) groups is 3. The van der Waals surface area contributed by atoms with Crippen molar-refractivity contribution in [2.45, 2.75) is 39.2 Å². The van der Waals surface area contributed by atoms with Crippen LogP contribution in [0, 0.1) is 0 Å². The van der Waals surface area contributed by atoms with Crippen molar-refractivity contribution in [1.82, 2.24) is 0 Å². The number of hydrogen-bond acceptors (Lipinski definition) is 7. The molecule has 0 unspecified atom stereocenters. The lowest BCUT2D eigenvalue weighted by molar-refractivity contribution is -0.119. The Morgan fingerprint density at radius 1 is 1.20 bits per heavy atom. The quantitative estimate of drug-likeness (QED) is 0.620. The van der Waals surface area contributed by atoms with E-state index in [2.05, 4.69) is 5.32 Å². The highest BCUT2D eigenvalue weighted by molar-refractivity contribution is 7.17. The van der Waals surface area contributed by atoms with Crippen molar-refractivity contribution in [1.29, 1.82) is 0 Å². The van der Waals surface area contributed by atoms with Gasteiger partial charge in [0.15, 0.2) is 18.1 Å². The van der Waals surface area contributed by atoms with Gasteiger partial charge in [-0.25, -0.2) is 4.79 Å². The maximum absolute atomic E-state index is 12.3. The average molecular weight is 432 g/mol. The maximum atomic E-state index is 12.3. The van der Waals surface area contributed by atoms with Crippen LogP contribution in [0.25, 0.3) is 0 Å². The normalized spacial score (nSPS) is 12.4. The molecule has 0 saturated heterocycles. The molecule has 0 atom stereocenters. The summed E-state index contributed by atoms with van der Waals surface area (Å²) in [5.74, 6) is -0.897. The Labute approximate surface area is 178 Å². The van der Waals surface area contributed by atoms with E-state index < -0.39 is 24.4 Å². The monoisotopic (exact) mass is 432 g/mol. The van der Waals surface area contributed by atoms with Gasteiger partial charge in [-0.1, -0.05) is 0 Å². The summed E-state index contributed by atoms with van der Waals surface area (Å²) in [4.78, 5) is 37.5. The zero-order chi connectivity index (χ0) is 21.8. The summed E-state index contributed by atoms with van der Waals surface area (Å²) < 4.78 is 16.0. The van der Waals surface area contributed by atoms with Gasteiger partial charge in [-0.05, 0) is 56.9 Å². The summed E-state index contributed by atoms with van der Waals surface area (Å²) in [5, 5.41) is 3.05. The predicted octanol–water partition coefficient (Wildman–Crippen LogP) is 2.93. The third kappa shape index (κ3) is 4.73. The van der Waals surface area contributed by atoms with E-state index in [0.29, 0.717) is 22.1 Å². The van der Waals surface area contributed by atoms with Crippen LogP contribution in [0.3, 0.4) is 0 Å². The van der Waals surface area contributed by atoms with E-state index in [1.54, 1.807) is 6.07 Å². The van der Waals surface area contributed by atoms with Crippen LogP contribution in [0.1, 0.15) is 51.4 Å². The molecule has 0 bridgehead atoms. The van der Waals surface area contributed by atoms with Gasteiger partial charge in [0.05, 0.1) is 24.3 Å². The van der Waals surface area contributed by atoms with Crippen LogP contribution in [-0.4, -0.2) is 37.6 Å². The van der Waals surface area contributed by atoms with Crippen molar-refractivity contribution >= 4 is 34.1 Å².